The van der Waals surface area contributed by atoms with E-state index in [4.69, 9.17) is 14.2 Å². The summed E-state index contributed by atoms with van der Waals surface area (Å²) in [6.45, 7) is 7.86. The van der Waals surface area contributed by atoms with Crippen LogP contribution >= 0.6 is 0 Å². The molecule has 1 aromatic carbocycles. The Labute approximate surface area is 137 Å². The summed E-state index contributed by atoms with van der Waals surface area (Å²) in [5, 5.41) is 0. The monoisotopic (exact) mass is 319 g/mol. The van der Waals surface area contributed by atoms with E-state index >= 15 is 0 Å². The third-order valence-electron chi connectivity index (χ3n) is 3.53. The molecule has 0 fully saturated rings. The lowest BCUT2D eigenvalue weighted by molar-refractivity contribution is 0.0238. The Morgan fingerprint density at radius 1 is 1.35 bits per heavy atom. The van der Waals surface area contributed by atoms with Gasteiger partial charge in [-0.2, -0.15) is 0 Å². The van der Waals surface area contributed by atoms with Crippen molar-refractivity contribution in [1.29, 1.82) is 0 Å². The van der Waals surface area contributed by atoms with Crippen LogP contribution in [0, 0.1) is 0 Å². The Bertz CT molecular complexity index is 589. The van der Waals surface area contributed by atoms with Crippen LogP contribution in [0.5, 0.6) is 11.5 Å². The van der Waals surface area contributed by atoms with Crippen LogP contribution in [0.25, 0.3) is 6.08 Å². The molecule has 0 aromatic heterocycles. The minimum Gasteiger partial charge on any atom is -0.454 e. The van der Waals surface area contributed by atoms with Crippen LogP contribution in [0.3, 0.4) is 0 Å². The molecule has 1 amide bonds. The number of amides is 1. The van der Waals surface area contributed by atoms with Gasteiger partial charge in [-0.3, -0.25) is 0 Å². The van der Waals surface area contributed by atoms with E-state index in [-0.39, 0.29) is 18.9 Å². The Morgan fingerprint density at radius 2 is 2.04 bits per heavy atom. The summed E-state index contributed by atoms with van der Waals surface area (Å²) in [6, 6.07) is 5.88. The summed E-state index contributed by atoms with van der Waals surface area (Å²) >= 11 is 0. The molecule has 1 atom stereocenters. The van der Waals surface area contributed by atoms with E-state index in [0.29, 0.717) is 0 Å². The van der Waals surface area contributed by atoms with Gasteiger partial charge in [-0.05, 0) is 51.8 Å². The van der Waals surface area contributed by atoms with Gasteiger partial charge in [0.25, 0.3) is 0 Å². The van der Waals surface area contributed by atoms with Crippen molar-refractivity contribution in [2.75, 3.05) is 13.8 Å². The number of ether oxygens (including phenoxy) is 3. The fourth-order valence-corrected chi connectivity index (χ4v) is 2.09. The Hall–Kier alpha value is -2.17. The zero-order valence-electron chi connectivity index (χ0n) is 14.5. The van der Waals surface area contributed by atoms with Crippen LogP contribution in [0.1, 0.15) is 39.7 Å². The van der Waals surface area contributed by atoms with Gasteiger partial charge in [0, 0.05) is 13.1 Å². The van der Waals surface area contributed by atoms with E-state index in [1.807, 2.05) is 58.0 Å². The first-order valence-corrected chi connectivity index (χ1v) is 7.78. The maximum absolute atomic E-state index is 12.0. The number of rotatable bonds is 4. The summed E-state index contributed by atoms with van der Waals surface area (Å²) in [7, 11) is 1.76. The van der Waals surface area contributed by atoms with Crippen LogP contribution in [-0.2, 0) is 4.74 Å². The number of carbonyl (C=O) groups is 1. The van der Waals surface area contributed by atoms with E-state index in [0.717, 1.165) is 23.5 Å². The van der Waals surface area contributed by atoms with Crippen LogP contribution in [0.2, 0.25) is 0 Å². The maximum Gasteiger partial charge on any atom is 0.410 e. The highest BCUT2D eigenvalue weighted by Gasteiger charge is 2.22. The second-order valence-electron chi connectivity index (χ2n) is 6.69. The van der Waals surface area contributed by atoms with Gasteiger partial charge in [0.2, 0.25) is 6.79 Å². The molecule has 0 spiro atoms. The van der Waals surface area contributed by atoms with Crippen molar-refractivity contribution in [1.82, 2.24) is 4.90 Å². The highest BCUT2D eigenvalue weighted by atomic mass is 16.7. The summed E-state index contributed by atoms with van der Waals surface area (Å²) in [5.41, 5.74) is 0.564. The number of hydrogen-bond acceptors (Lipinski definition) is 4. The summed E-state index contributed by atoms with van der Waals surface area (Å²) in [5.74, 6) is 1.55. The normalized spacial score (nSPS) is 14.8. The lowest BCUT2D eigenvalue weighted by Crippen LogP contribution is -2.39. The van der Waals surface area contributed by atoms with Gasteiger partial charge in [-0.1, -0.05) is 18.2 Å². The third-order valence-corrected chi connectivity index (χ3v) is 3.53. The van der Waals surface area contributed by atoms with Gasteiger partial charge < -0.3 is 19.1 Å². The Kier molecular flexibility index (Phi) is 5.19. The van der Waals surface area contributed by atoms with Gasteiger partial charge in [-0.15, -0.1) is 0 Å². The van der Waals surface area contributed by atoms with Crippen molar-refractivity contribution in [3.8, 4) is 11.5 Å². The Balaban J connectivity index is 1.88. The lowest BCUT2D eigenvalue weighted by Gasteiger charge is -2.28. The van der Waals surface area contributed by atoms with Crippen LogP contribution in [0.15, 0.2) is 24.3 Å². The zero-order chi connectivity index (χ0) is 17.0. The number of nitrogens with zero attached hydrogens (tertiary/aromatic N) is 1. The average molecular weight is 319 g/mol. The molecule has 1 aromatic rings. The molecule has 1 aliphatic heterocycles. The van der Waals surface area contributed by atoms with E-state index in [1.54, 1.807) is 11.9 Å². The Morgan fingerprint density at radius 3 is 2.74 bits per heavy atom. The van der Waals surface area contributed by atoms with Gasteiger partial charge in [0.1, 0.15) is 5.60 Å². The van der Waals surface area contributed by atoms with Gasteiger partial charge in [0.15, 0.2) is 11.5 Å². The van der Waals surface area contributed by atoms with Crippen molar-refractivity contribution < 1.29 is 19.0 Å². The van der Waals surface area contributed by atoms with Crippen LogP contribution < -0.4 is 9.47 Å². The van der Waals surface area contributed by atoms with Crippen molar-refractivity contribution in [2.24, 2.45) is 0 Å². The van der Waals surface area contributed by atoms with Crippen molar-refractivity contribution >= 4 is 12.2 Å². The molecule has 0 saturated carbocycles. The molecule has 1 heterocycles. The molecule has 5 nitrogen and oxygen atoms in total. The summed E-state index contributed by atoms with van der Waals surface area (Å²) < 4.78 is 16.0. The van der Waals surface area contributed by atoms with Gasteiger partial charge in [-0.25, -0.2) is 4.79 Å². The molecule has 126 valence electrons. The van der Waals surface area contributed by atoms with Crippen LogP contribution in [0.4, 0.5) is 4.79 Å². The molecular formula is C18H25NO4. The molecule has 0 N–H and O–H groups in total. The van der Waals surface area contributed by atoms with Crippen molar-refractivity contribution in [3.63, 3.8) is 0 Å². The van der Waals surface area contributed by atoms with E-state index in [9.17, 15) is 4.79 Å². The average Bonchev–Trinajstić information content (AvgIpc) is 2.92. The molecule has 0 radical (unpaired) electrons. The molecular weight excluding hydrogens is 294 g/mol. The van der Waals surface area contributed by atoms with Gasteiger partial charge >= 0.3 is 6.09 Å². The fourth-order valence-electron chi connectivity index (χ4n) is 2.09. The van der Waals surface area contributed by atoms with E-state index in [1.165, 1.54) is 0 Å². The molecule has 2 rings (SSSR count). The summed E-state index contributed by atoms with van der Waals surface area (Å²) in [6.07, 6.45) is 4.50. The zero-order valence-corrected chi connectivity index (χ0v) is 14.5. The quantitative estimate of drug-likeness (QED) is 0.839. The third kappa shape index (κ3) is 4.91. The molecule has 0 saturated heterocycles. The topological polar surface area (TPSA) is 48.0 Å². The lowest BCUT2D eigenvalue weighted by atomic mass is 10.1. The highest BCUT2D eigenvalue weighted by Crippen LogP contribution is 2.32. The number of benzene rings is 1. The largest absolute Gasteiger partial charge is 0.454 e. The maximum atomic E-state index is 12.0. The number of carbonyl (C=O) groups excluding carboxylic acids is 1. The predicted octanol–water partition coefficient (Wildman–Crippen LogP) is 4.07. The standard InChI is InChI=1S/C18H25NO4/c1-13(19(5)17(20)23-18(2,3)4)7-6-8-14-9-10-15-16(11-14)22-12-21-15/h6,8-11,13H,7,12H2,1-5H3. The molecule has 0 bridgehead atoms. The van der Waals surface area contributed by atoms with Gasteiger partial charge in [0.05, 0.1) is 0 Å². The molecule has 5 heteroatoms. The first-order chi connectivity index (χ1) is 10.8. The molecule has 1 aliphatic rings. The SMILES string of the molecule is CC(CC=Cc1ccc2c(c1)OCO2)N(C)C(=O)OC(C)(C)C. The number of hydrogen-bond donors (Lipinski definition) is 0. The minimum absolute atomic E-state index is 0.0510. The summed E-state index contributed by atoms with van der Waals surface area (Å²) in [4.78, 5) is 13.6. The predicted molar refractivity (Wildman–Crippen MR) is 89.7 cm³/mol. The van der Waals surface area contributed by atoms with Crippen molar-refractivity contribution in [2.45, 2.75) is 45.8 Å². The van der Waals surface area contributed by atoms with Crippen LogP contribution in [-0.4, -0.2) is 36.5 Å². The van der Waals surface area contributed by atoms with Crippen molar-refractivity contribution in [3.05, 3.63) is 29.8 Å². The second kappa shape index (κ2) is 6.94. The van der Waals surface area contributed by atoms with E-state index in [2.05, 4.69) is 0 Å². The van der Waals surface area contributed by atoms with E-state index < -0.39 is 5.60 Å². The first kappa shape index (κ1) is 17.2. The fraction of sp³-hybridized carbons (Fsp3) is 0.500. The minimum atomic E-state index is -0.479. The molecule has 0 aliphatic carbocycles. The smallest absolute Gasteiger partial charge is 0.410 e. The number of fused-ring (bicyclic) bond motifs is 1. The molecule has 23 heavy (non-hydrogen) atoms. The highest BCUT2D eigenvalue weighted by molar-refractivity contribution is 5.68. The molecule has 1 unspecified atom stereocenters. The second-order valence-corrected chi connectivity index (χ2v) is 6.69. The first-order valence-electron chi connectivity index (χ1n) is 7.78.